The minimum absolute atomic E-state index is 0. The zero-order chi connectivity index (χ0) is 8.65. The van der Waals surface area contributed by atoms with Gasteiger partial charge in [0.1, 0.15) is 0 Å². The molecule has 2 fully saturated rings. The number of hydrogen-bond donors (Lipinski definition) is 0. The molecule has 2 aliphatic rings. The summed E-state index contributed by atoms with van der Waals surface area (Å²) in [6.45, 7) is 0. The average molecular weight is 218 g/mol. The monoisotopic (exact) mass is 218 g/mol. The van der Waals surface area contributed by atoms with Gasteiger partial charge in [-0.15, -0.1) is 18.3 Å². The maximum Gasteiger partial charge on any atom is 2.00 e. The summed E-state index contributed by atoms with van der Waals surface area (Å²) in [5.74, 6) is 3.21. The molecule has 0 heterocycles. The van der Waals surface area contributed by atoms with Gasteiger partial charge in [0.2, 0.25) is 0 Å². The van der Waals surface area contributed by atoms with Crippen LogP contribution in [0, 0.1) is 31.1 Å². The molecular formula is C12H18Fe. The van der Waals surface area contributed by atoms with E-state index < -0.39 is 0 Å². The quantitative estimate of drug-likeness (QED) is 0.332. The van der Waals surface area contributed by atoms with Crippen molar-refractivity contribution >= 4 is 0 Å². The fourth-order valence-corrected chi connectivity index (χ4v) is 1.65. The normalized spacial score (nSPS) is 25.3. The van der Waals surface area contributed by atoms with E-state index in [9.17, 15) is 0 Å². The smallest absolute Gasteiger partial charge is 0.328 e. The Bertz CT molecular complexity index is 128. The molecule has 1 atom stereocenters. The van der Waals surface area contributed by atoms with E-state index in [0.29, 0.717) is 5.92 Å². The van der Waals surface area contributed by atoms with E-state index in [2.05, 4.69) is 18.8 Å². The summed E-state index contributed by atoms with van der Waals surface area (Å²) in [5.41, 5.74) is 0. The molecular weight excluding hydrogens is 200 g/mol. The minimum Gasteiger partial charge on any atom is -0.328 e. The third-order valence-corrected chi connectivity index (χ3v) is 2.45. The van der Waals surface area contributed by atoms with Crippen molar-refractivity contribution < 1.29 is 17.1 Å². The fourth-order valence-electron chi connectivity index (χ4n) is 1.65. The van der Waals surface area contributed by atoms with Crippen LogP contribution in [0.25, 0.3) is 0 Å². The minimum atomic E-state index is 0. The molecule has 0 N–H and O–H groups in total. The van der Waals surface area contributed by atoms with Gasteiger partial charge in [0.05, 0.1) is 0 Å². The largest absolute Gasteiger partial charge is 2.00 e. The zero-order valence-corrected chi connectivity index (χ0v) is 9.22. The van der Waals surface area contributed by atoms with Gasteiger partial charge in [-0.2, -0.15) is 19.3 Å². The van der Waals surface area contributed by atoms with Crippen LogP contribution in [-0.2, 0) is 17.1 Å². The molecule has 0 amide bonds. The van der Waals surface area contributed by atoms with E-state index >= 15 is 0 Å². The summed E-state index contributed by atoms with van der Waals surface area (Å²) < 4.78 is 0. The van der Waals surface area contributed by atoms with E-state index in [1.165, 1.54) is 44.9 Å². The molecule has 0 bridgehead atoms. The molecule has 1 unspecified atom stereocenters. The SMILES string of the molecule is C#CC1[CH-]CCC1.[CH-]1CCCC1.[Fe+2]. The standard InChI is InChI=1S/C7H9.C5H9.Fe/c1-2-7-5-3-4-6-7;1-2-4-5-3-1;/h1,5,7H,3-4,6H2;1H,2-5H2;/q2*-1;+2. The maximum absolute atomic E-state index is 5.15. The van der Waals surface area contributed by atoms with E-state index in [4.69, 9.17) is 6.42 Å². The van der Waals surface area contributed by atoms with Crippen molar-refractivity contribution in [2.45, 2.75) is 44.9 Å². The topological polar surface area (TPSA) is 0 Å². The van der Waals surface area contributed by atoms with E-state index in [0.717, 1.165) is 0 Å². The van der Waals surface area contributed by atoms with Crippen LogP contribution < -0.4 is 0 Å². The van der Waals surface area contributed by atoms with Gasteiger partial charge in [0, 0.05) is 0 Å². The van der Waals surface area contributed by atoms with E-state index in [1.807, 2.05) is 0 Å². The van der Waals surface area contributed by atoms with Crippen LogP contribution in [0.4, 0.5) is 0 Å². The third kappa shape index (κ3) is 6.19. The first-order valence-electron chi connectivity index (χ1n) is 5.04. The molecule has 0 spiro atoms. The van der Waals surface area contributed by atoms with Crippen molar-refractivity contribution in [2.24, 2.45) is 5.92 Å². The predicted octanol–water partition coefficient (Wildman–Crippen LogP) is 3.39. The van der Waals surface area contributed by atoms with Gasteiger partial charge >= 0.3 is 17.1 Å². The van der Waals surface area contributed by atoms with Crippen LogP contribution in [-0.4, -0.2) is 0 Å². The first-order chi connectivity index (χ1) is 5.93. The molecule has 2 rings (SSSR count). The average Bonchev–Trinajstić information content (AvgIpc) is 2.81. The Labute approximate surface area is 93.3 Å². The van der Waals surface area contributed by atoms with E-state index in [-0.39, 0.29) is 17.1 Å². The first kappa shape index (κ1) is 13.1. The van der Waals surface area contributed by atoms with Crippen LogP contribution in [0.2, 0.25) is 0 Å². The number of terminal acetylenes is 1. The Balaban J connectivity index is 0.000000215. The van der Waals surface area contributed by atoms with Crippen molar-refractivity contribution in [1.29, 1.82) is 0 Å². The van der Waals surface area contributed by atoms with Crippen molar-refractivity contribution in [3.8, 4) is 12.3 Å². The Morgan fingerprint density at radius 3 is 2.00 bits per heavy atom. The predicted molar refractivity (Wildman–Crippen MR) is 53.2 cm³/mol. The van der Waals surface area contributed by atoms with Crippen LogP contribution in [0.5, 0.6) is 0 Å². The van der Waals surface area contributed by atoms with Crippen LogP contribution >= 0.6 is 0 Å². The first-order valence-corrected chi connectivity index (χ1v) is 5.04. The molecule has 0 saturated heterocycles. The Morgan fingerprint density at radius 1 is 1.08 bits per heavy atom. The maximum atomic E-state index is 5.15. The number of rotatable bonds is 0. The molecule has 0 radical (unpaired) electrons. The van der Waals surface area contributed by atoms with Crippen molar-refractivity contribution in [3.63, 3.8) is 0 Å². The third-order valence-electron chi connectivity index (χ3n) is 2.45. The van der Waals surface area contributed by atoms with Gasteiger partial charge in [-0.1, -0.05) is 25.7 Å². The Hall–Kier alpha value is 0.0795. The van der Waals surface area contributed by atoms with Crippen molar-refractivity contribution in [3.05, 3.63) is 12.8 Å². The van der Waals surface area contributed by atoms with Gasteiger partial charge in [0.25, 0.3) is 0 Å². The summed E-state index contributed by atoms with van der Waals surface area (Å²) >= 11 is 0. The van der Waals surface area contributed by atoms with Gasteiger partial charge < -0.3 is 12.8 Å². The Morgan fingerprint density at radius 2 is 1.77 bits per heavy atom. The van der Waals surface area contributed by atoms with Gasteiger partial charge in [-0.25, -0.2) is 0 Å². The second-order valence-corrected chi connectivity index (χ2v) is 3.51. The molecule has 2 saturated carbocycles. The second kappa shape index (κ2) is 8.67. The Kier molecular flexibility index (Phi) is 8.72. The number of hydrogen-bond acceptors (Lipinski definition) is 0. The van der Waals surface area contributed by atoms with Crippen LogP contribution in [0.3, 0.4) is 0 Å². The molecule has 0 aromatic carbocycles. The zero-order valence-electron chi connectivity index (χ0n) is 8.11. The van der Waals surface area contributed by atoms with Gasteiger partial charge in [-0.05, 0) is 0 Å². The molecule has 2 aliphatic carbocycles. The van der Waals surface area contributed by atoms with Crippen molar-refractivity contribution in [1.82, 2.24) is 0 Å². The molecule has 13 heavy (non-hydrogen) atoms. The molecule has 1 heteroatoms. The van der Waals surface area contributed by atoms with Crippen molar-refractivity contribution in [2.75, 3.05) is 0 Å². The van der Waals surface area contributed by atoms with Gasteiger partial charge in [0.15, 0.2) is 0 Å². The summed E-state index contributed by atoms with van der Waals surface area (Å²) in [6.07, 6.45) is 19.1. The van der Waals surface area contributed by atoms with E-state index in [1.54, 1.807) is 0 Å². The molecule has 74 valence electrons. The molecule has 0 aromatic heterocycles. The second-order valence-electron chi connectivity index (χ2n) is 3.51. The van der Waals surface area contributed by atoms with Gasteiger partial charge in [-0.3, -0.25) is 0 Å². The molecule has 0 aromatic rings. The molecule has 0 nitrogen and oxygen atoms in total. The fraction of sp³-hybridized carbons (Fsp3) is 0.667. The summed E-state index contributed by atoms with van der Waals surface area (Å²) in [4.78, 5) is 0. The van der Waals surface area contributed by atoms with Crippen LogP contribution in [0.1, 0.15) is 44.9 Å². The molecule has 0 aliphatic heterocycles. The van der Waals surface area contributed by atoms with Crippen LogP contribution in [0.15, 0.2) is 0 Å². The summed E-state index contributed by atoms with van der Waals surface area (Å²) in [7, 11) is 0. The summed E-state index contributed by atoms with van der Waals surface area (Å²) in [6, 6.07) is 0. The summed E-state index contributed by atoms with van der Waals surface area (Å²) in [5, 5.41) is 0.